The second kappa shape index (κ2) is 13.8. The van der Waals surface area contributed by atoms with E-state index in [1.807, 2.05) is 36.1 Å². The number of rotatable bonds is 6. The number of piperidine rings is 3. The van der Waals surface area contributed by atoms with Crippen molar-refractivity contribution in [1.82, 2.24) is 14.7 Å². The molecular formula is C36H48ClN5O4. The summed E-state index contributed by atoms with van der Waals surface area (Å²) in [6, 6.07) is 11.7. The molecule has 0 bridgehead atoms. The summed E-state index contributed by atoms with van der Waals surface area (Å²) in [5, 5.41) is 3.44. The zero-order valence-corrected chi connectivity index (χ0v) is 28.0. The van der Waals surface area contributed by atoms with Gasteiger partial charge in [0.1, 0.15) is 0 Å². The van der Waals surface area contributed by atoms with Gasteiger partial charge in [-0.1, -0.05) is 42.8 Å². The molecule has 3 amide bonds. The van der Waals surface area contributed by atoms with Crippen LogP contribution in [-0.2, 0) is 32.6 Å². The number of nitrogen functional groups attached to an aromatic ring is 1. The van der Waals surface area contributed by atoms with Gasteiger partial charge in [-0.15, -0.1) is 0 Å². The monoisotopic (exact) mass is 649 g/mol. The minimum Gasteiger partial charge on any atom is -0.436 e. The lowest BCUT2D eigenvalue weighted by Crippen LogP contribution is -2.51. The number of fused-ring (bicyclic) bond motifs is 2. The van der Waals surface area contributed by atoms with E-state index in [2.05, 4.69) is 23.3 Å². The van der Waals surface area contributed by atoms with E-state index in [9.17, 15) is 14.4 Å². The Bertz CT molecular complexity index is 1440. The molecule has 4 heterocycles. The van der Waals surface area contributed by atoms with Gasteiger partial charge in [0.15, 0.2) is 6.10 Å². The lowest BCUT2D eigenvalue weighted by atomic mass is 9.68. The van der Waals surface area contributed by atoms with Gasteiger partial charge in [-0.3, -0.25) is 9.59 Å². The first-order valence-corrected chi connectivity index (χ1v) is 17.4. The molecule has 0 radical (unpaired) electrons. The molecule has 1 spiro atoms. The Labute approximate surface area is 277 Å². The van der Waals surface area contributed by atoms with Crippen LogP contribution in [-0.4, -0.2) is 85.0 Å². The average Bonchev–Trinajstić information content (AvgIpc) is 3.06. The summed E-state index contributed by atoms with van der Waals surface area (Å²) in [4.78, 5) is 46.4. The number of likely N-dealkylation sites (tertiary alicyclic amines) is 3. The summed E-state index contributed by atoms with van der Waals surface area (Å²) in [6.45, 7) is 6.57. The Kier molecular flexibility index (Phi) is 9.80. The molecule has 6 rings (SSSR count). The Morgan fingerprint density at radius 1 is 1.00 bits per heavy atom. The zero-order chi connectivity index (χ0) is 32.4. The third-order valence-corrected chi connectivity index (χ3v) is 11.4. The first-order valence-electron chi connectivity index (χ1n) is 17.0. The fraction of sp³-hybridized carbons (Fsp3) is 0.583. The molecule has 3 saturated heterocycles. The van der Waals surface area contributed by atoms with Gasteiger partial charge in [-0.25, -0.2) is 4.79 Å². The molecule has 4 aliphatic rings. The van der Waals surface area contributed by atoms with Crippen LogP contribution in [0, 0.1) is 11.8 Å². The number of hydrogen-bond donors (Lipinski definition) is 2. The number of carbonyl (C=O) groups excluding carboxylic acids is 3. The highest BCUT2D eigenvalue weighted by Crippen LogP contribution is 2.45. The molecule has 1 atom stereocenters. The molecule has 0 aromatic heterocycles. The predicted molar refractivity (Wildman–Crippen MR) is 181 cm³/mol. The van der Waals surface area contributed by atoms with E-state index >= 15 is 0 Å². The van der Waals surface area contributed by atoms with Crippen molar-refractivity contribution in [1.29, 1.82) is 0 Å². The minimum absolute atomic E-state index is 0.00795. The van der Waals surface area contributed by atoms with Crippen molar-refractivity contribution in [2.24, 2.45) is 11.8 Å². The molecule has 2 aromatic rings. The van der Waals surface area contributed by atoms with E-state index in [1.54, 1.807) is 11.0 Å². The molecule has 0 unspecified atom stereocenters. The molecule has 0 saturated carbocycles. The van der Waals surface area contributed by atoms with Crippen molar-refractivity contribution in [3.63, 3.8) is 0 Å². The SMILES string of the molecule is CCc1cc(C[C@@H](OC(=O)N2CCC3(CC2)CC(=O)Nc2ccccc23)C(=O)N2CCC(C3CCN(C)CC3)CC2)cc(Cl)c1N. The molecule has 10 heteroatoms. The van der Waals surface area contributed by atoms with Gasteiger partial charge < -0.3 is 30.5 Å². The third kappa shape index (κ3) is 6.86. The molecule has 9 nitrogen and oxygen atoms in total. The first kappa shape index (κ1) is 32.6. The minimum atomic E-state index is -0.964. The van der Waals surface area contributed by atoms with E-state index in [0.717, 1.165) is 54.2 Å². The lowest BCUT2D eigenvalue weighted by molar-refractivity contribution is -0.142. The number of nitrogens with two attached hydrogens (primary N) is 1. The second-order valence-corrected chi connectivity index (χ2v) is 14.3. The highest BCUT2D eigenvalue weighted by atomic mass is 35.5. The standard InChI is InChI=1S/C36H48ClN5O4/c1-3-25-20-24(21-29(37)33(25)38)22-31(34(44)41-16-10-27(11-17-41)26-8-14-40(2)15-9-26)46-35(45)42-18-12-36(13-19-42)23-32(43)39-30-7-5-4-6-28(30)36/h4-7,20-21,26-27,31H,3,8-19,22-23,38H2,1-2H3,(H,39,43)/t31-/m1/s1. The molecule has 4 aliphatic heterocycles. The van der Waals surface area contributed by atoms with Crippen LogP contribution in [0.15, 0.2) is 36.4 Å². The van der Waals surface area contributed by atoms with Gasteiger partial charge in [-0.2, -0.15) is 0 Å². The predicted octanol–water partition coefficient (Wildman–Crippen LogP) is 5.49. The summed E-state index contributed by atoms with van der Waals surface area (Å²) in [5.74, 6) is 1.21. The molecule has 3 N–H and O–H groups in total. The van der Waals surface area contributed by atoms with Crippen molar-refractivity contribution in [3.05, 3.63) is 58.1 Å². The van der Waals surface area contributed by atoms with Crippen LogP contribution < -0.4 is 11.1 Å². The van der Waals surface area contributed by atoms with Crippen LogP contribution in [0.5, 0.6) is 0 Å². The number of benzene rings is 2. The van der Waals surface area contributed by atoms with E-state index in [4.69, 9.17) is 22.1 Å². The summed E-state index contributed by atoms with van der Waals surface area (Å²) in [6.07, 6.45) is 5.62. The number of para-hydroxylation sites is 1. The fourth-order valence-corrected chi connectivity index (χ4v) is 8.51. The average molecular weight is 650 g/mol. The molecule has 0 aliphatic carbocycles. The van der Waals surface area contributed by atoms with E-state index in [-0.39, 0.29) is 23.7 Å². The largest absolute Gasteiger partial charge is 0.436 e. The normalized spacial score (nSPS) is 21.5. The molecule has 46 heavy (non-hydrogen) atoms. The fourth-order valence-electron chi connectivity index (χ4n) is 8.25. The quantitative estimate of drug-likeness (QED) is 0.401. The number of ether oxygens (including phenoxy) is 1. The summed E-state index contributed by atoms with van der Waals surface area (Å²) < 4.78 is 6.11. The zero-order valence-electron chi connectivity index (χ0n) is 27.2. The summed E-state index contributed by atoms with van der Waals surface area (Å²) in [7, 11) is 2.19. The third-order valence-electron chi connectivity index (χ3n) is 11.1. The maximum absolute atomic E-state index is 14.1. The van der Waals surface area contributed by atoms with Crippen LogP contribution in [0.4, 0.5) is 16.2 Å². The van der Waals surface area contributed by atoms with Gasteiger partial charge in [0.05, 0.1) is 10.7 Å². The van der Waals surface area contributed by atoms with Crippen LogP contribution in [0.1, 0.15) is 68.6 Å². The molecule has 2 aromatic carbocycles. The maximum Gasteiger partial charge on any atom is 0.410 e. The van der Waals surface area contributed by atoms with Crippen molar-refractivity contribution >= 4 is 40.9 Å². The number of amides is 3. The van der Waals surface area contributed by atoms with Crippen LogP contribution in [0.25, 0.3) is 0 Å². The molecule has 3 fully saturated rings. The van der Waals surface area contributed by atoms with Crippen LogP contribution >= 0.6 is 11.6 Å². The molecular weight excluding hydrogens is 602 g/mol. The van der Waals surface area contributed by atoms with Crippen molar-refractivity contribution in [3.8, 4) is 0 Å². The number of anilines is 2. The van der Waals surface area contributed by atoms with Gasteiger partial charge >= 0.3 is 6.09 Å². The van der Waals surface area contributed by atoms with E-state index < -0.39 is 12.2 Å². The number of nitrogens with zero attached hydrogens (tertiary/aromatic N) is 3. The van der Waals surface area contributed by atoms with Gasteiger partial charge in [-0.05, 0) is 106 Å². The highest BCUT2D eigenvalue weighted by molar-refractivity contribution is 6.33. The number of hydrogen-bond acceptors (Lipinski definition) is 6. The van der Waals surface area contributed by atoms with Crippen molar-refractivity contribution < 1.29 is 19.1 Å². The number of carbonyl (C=O) groups is 3. The highest BCUT2D eigenvalue weighted by Gasteiger charge is 2.44. The number of nitrogens with one attached hydrogen (secondary N) is 1. The van der Waals surface area contributed by atoms with E-state index in [0.29, 0.717) is 68.5 Å². The Balaban J connectivity index is 1.15. The van der Waals surface area contributed by atoms with Crippen molar-refractivity contribution in [2.45, 2.75) is 76.2 Å². The maximum atomic E-state index is 14.1. The first-order chi connectivity index (χ1) is 22.2. The molecule has 248 valence electrons. The topological polar surface area (TPSA) is 108 Å². The second-order valence-electron chi connectivity index (χ2n) is 13.9. The number of halogens is 1. The lowest BCUT2D eigenvalue weighted by Gasteiger charge is -2.44. The smallest absolute Gasteiger partial charge is 0.410 e. The van der Waals surface area contributed by atoms with Crippen LogP contribution in [0.2, 0.25) is 5.02 Å². The van der Waals surface area contributed by atoms with E-state index in [1.165, 1.54) is 12.8 Å². The van der Waals surface area contributed by atoms with Crippen LogP contribution in [0.3, 0.4) is 0 Å². The van der Waals surface area contributed by atoms with Crippen molar-refractivity contribution in [2.75, 3.05) is 57.4 Å². The Morgan fingerprint density at radius 3 is 2.33 bits per heavy atom. The van der Waals surface area contributed by atoms with Gasteiger partial charge in [0, 0.05) is 50.1 Å². The Hall–Kier alpha value is -3.30. The summed E-state index contributed by atoms with van der Waals surface area (Å²) >= 11 is 6.49. The Morgan fingerprint density at radius 2 is 1.65 bits per heavy atom. The number of aryl methyl sites for hydroxylation is 1. The summed E-state index contributed by atoms with van der Waals surface area (Å²) in [5.41, 5.74) is 10.2. The van der Waals surface area contributed by atoms with Gasteiger partial charge in [0.25, 0.3) is 5.91 Å². The van der Waals surface area contributed by atoms with Gasteiger partial charge in [0.2, 0.25) is 5.91 Å².